The molecule has 0 amide bonds. The molecule has 0 aliphatic heterocycles. The highest BCUT2D eigenvalue weighted by Crippen LogP contribution is 2.38. The Hall–Kier alpha value is -1.28. The number of alkyl halides is 5. The number of rotatable bonds is 3. The quantitative estimate of drug-likeness (QED) is 0.831. The topological polar surface area (TPSA) is 46.2 Å². The summed E-state index contributed by atoms with van der Waals surface area (Å²) in [4.78, 5) is 0. The lowest BCUT2D eigenvalue weighted by Crippen LogP contribution is -2.37. The zero-order chi connectivity index (χ0) is 14.1. The SMILES string of the molecule is N[C@@H](c1cc(F)ccc1C(F)(F)F)C(F)(F)CO. The number of aliphatic hydroxyl groups is 1. The van der Waals surface area contributed by atoms with Crippen molar-refractivity contribution in [2.24, 2.45) is 5.73 Å². The zero-order valence-corrected chi connectivity index (χ0v) is 8.81. The van der Waals surface area contributed by atoms with Crippen LogP contribution in [-0.4, -0.2) is 17.6 Å². The molecule has 1 aromatic rings. The van der Waals surface area contributed by atoms with Crippen LogP contribution in [0.25, 0.3) is 0 Å². The van der Waals surface area contributed by atoms with Crippen LogP contribution in [0.3, 0.4) is 0 Å². The first-order valence-corrected chi connectivity index (χ1v) is 4.70. The average Bonchev–Trinajstić information content (AvgIpc) is 2.26. The van der Waals surface area contributed by atoms with Gasteiger partial charge in [-0.1, -0.05) is 0 Å². The van der Waals surface area contributed by atoms with Crippen LogP contribution in [-0.2, 0) is 6.18 Å². The van der Waals surface area contributed by atoms with Crippen molar-refractivity contribution in [1.29, 1.82) is 0 Å². The molecule has 0 heterocycles. The second-order valence-corrected chi connectivity index (χ2v) is 3.63. The molecule has 2 nitrogen and oxygen atoms in total. The molecule has 0 saturated heterocycles. The first kappa shape index (κ1) is 14.8. The van der Waals surface area contributed by atoms with Crippen LogP contribution < -0.4 is 5.73 Å². The van der Waals surface area contributed by atoms with Crippen LogP contribution in [0.15, 0.2) is 18.2 Å². The van der Waals surface area contributed by atoms with Gasteiger partial charge in [0.1, 0.15) is 12.4 Å². The maximum Gasteiger partial charge on any atom is 0.416 e. The van der Waals surface area contributed by atoms with E-state index >= 15 is 0 Å². The summed E-state index contributed by atoms with van der Waals surface area (Å²) in [5.74, 6) is -5.10. The summed E-state index contributed by atoms with van der Waals surface area (Å²) in [5, 5.41) is 8.38. The number of aliphatic hydroxyl groups excluding tert-OH is 1. The van der Waals surface area contributed by atoms with Crippen molar-refractivity contribution in [2.75, 3.05) is 6.61 Å². The van der Waals surface area contributed by atoms with E-state index in [0.29, 0.717) is 12.1 Å². The summed E-state index contributed by atoms with van der Waals surface area (Å²) in [6.45, 7) is -1.73. The zero-order valence-electron chi connectivity index (χ0n) is 8.81. The standard InChI is InChI=1S/C10H9F6NO/c11-5-1-2-7(10(14,15)16)6(3-5)8(17)9(12,13)4-18/h1-3,8,18H,4,17H2/t8-/m0/s1. The molecule has 0 bridgehead atoms. The van der Waals surface area contributed by atoms with E-state index in [9.17, 15) is 26.3 Å². The van der Waals surface area contributed by atoms with Gasteiger partial charge in [0, 0.05) is 0 Å². The molecule has 0 spiro atoms. The smallest absolute Gasteiger partial charge is 0.390 e. The molecule has 0 radical (unpaired) electrons. The normalized spacial score (nSPS) is 14.7. The van der Waals surface area contributed by atoms with Crippen molar-refractivity contribution >= 4 is 0 Å². The van der Waals surface area contributed by atoms with Crippen LogP contribution in [0.2, 0.25) is 0 Å². The molecule has 0 aliphatic rings. The van der Waals surface area contributed by atoms with E-state index in [1.165, 1.54) is 0 Å². The molecule has 0 aliphatic carbocycles. The second-order valence-electron chi connectivity index (χ2n) is 3.63. The lowest BCUT2D eigenvalue weighted by molar-refractivity contribution is -0.140. The minimum absolute atomic E-state index is 0.289. The van der Waals surface area contributed by atoms with Crippen LogP contribution in [0.1, 0.15) is 17.2 Å². The number of halogens is 6. The number of hydrogen-bond acceptors (Lipinski definition) is 2. The Morgan fingerprint density at radius 1 is 1.17 bits per heavy atom. The Bertz CT molecular complexity index is 431. The second kappa shape index (κ2) is 4.77. The average molecular weight is 273 g/mol. The molecular formula is C10H9F6NO. The minimum atomic E-state index is -4.94. The Morgan fingerprint density at radius 2 is 1.72 bits per heavy atom. The highest BCUT2D eigenvalue weighted by molar-refractivity contribution is 5.34. The summed E-state index contributed by atoms with van der Waals surface area (Å²) in [7, 11) is 0. The first-order chi connectivity index (χ1) is 8.09. The summed E-state index contributed by atoms with van der Waals surface area (Å²) >= 11 is 0. The summed E-state index contributed by atoms with van der Waals surface area (Å²) in [6.07, 6.45) is -4.94. The van der Waals surface area contributed by atoms with Gasteiger partial charge in [-0.3, -0.25) is 0 Å². The molecule has 0 aromatic heterocycles. The Kier molecular flexibility index (Phi) is 3.92. The van der Waals surface area contributed by atoms with E-state index in [1.807, 2.05) is 0 Å². The van der Waals surface area contributed by atoms with Gasteiger partial charge in [0.2, 0.25) is 0 Å². The summed E-state index contributed by atoms with van der Waals surface area (Å²) in [6, 6.07) is -1.33. The molecular weight excluding hydrogens is 264 g/mol. The van der Waals surface area contributed by atoms with E-state index in [1.54, 1.807) is 0 Å². The molecule has 1 atom stereocenters. The maximum absolute atomic E-state index is 13.1. The molecule has 8 heteroatoms. The Labute approximate surface area is 98.0 Å². The fraction of sp³-hybridized carbons (Fsp3) is 0.400. The monoisotopic (exact) mass is 273 g/mol. The van der Waals surface area contributed by atoms with Crippen molar-refractivity contribution in [3.63, 3.8) is 0 Å². The highest BCUT2D eigenvalue weighted by atomic mass is 19.4. The first-order valence-electron chi connectivity index (χ1n) is 4.70. The van der Waals surface area contributed by atoms with E-state index < -0.39 is 41.7 Å². The third-order valence-electron chi connectivity index (χ3n) is 2.32. The molecule has 18 heavy (non-hydrogen) atoms. The van der Waals surface area contributed by atoms with Crippen molar-refractivity contribution < 1.29 is 31.4 Å². The van der Waals surface area contributed by atoms with Gasteiger partial charge in [-0.2, -0.15) is 13.2 Å². The molecule has 0 saturated carbocycles. The minimum Gasteiger partial charge on any atom is -0.390 e. The number of benzene rings is 1. The Morgan fingerprint density at radius 3 is 2.17 bits per heavy atom. The van der Waals surface area contributed by atoms with Gasteiger partial charge in [0.15, 0.2) is 0 Å². The van der Waals surface area contributed by atoms with Gasteiger partial charge < -0.3 is 10.8 Å². The predicted octanol–water partition coefficient (Wildman–Crippen LogP) is 2.47. The van der Waals surface area contributed by atoms with E-state index in [-0.39, 0.29) is 6.07 Å². The van der Waals surface area contributed by atoms with E-state index in [0.717, 1.165) is 0 Å². The molecule has 0 unspecified atom stereocenters. The van der Waals surface area contributed by atoms with Crippen LogP contribution in [0.4, 0.5) is 26.3 Å². The van der Waals surface area contributed by atoms with Gasteiger partial charge in [-0.25, -0.2) is 13.2 Å². The third-order valence-corrected chi connectivity index (χ3v) is 2.32. The molecule has 102 valence electrons. The fourth-order valence-electron chi connectivity index (χ4n) is 1.37. The highest BCUT2D eigenvalue weighted by Gasteiger charge is 2.43. The Balaban J connectivity index is 3.34. The van der Waals surface area contributed by atoms with Gasteiger partial charge in [-0.05, 0) is 23.8 Å². The lowest BCUT2D eigenvalue weighted by Gasteiger charge is -2.24. The van der Waals surface area contributed by atoms with Crippen LogP contribution in [0.5, 0.6) is 0 Å². The van der Waals surface area contributed by atoms with Crippen LogP contribution in [0, 0.1) is 5.82 Å². The third kappa shape index (κ3) is 2.94. The summed E-state index contributed by atoms with van der Waals surface area (Å²) in [5.41, 5.74) is 2.42. The molecule has 0 fully saturated rings. The predicted molar refractivity (Wildman–Crippen MR) is 50.4 cm³/mol. The van der Waals surface area contributed by atoms with Gasteiger partial charge >= 0.3 is 6.18 Å². The molecule has 1 aromatic carbocycles. The van der Waals surface area contributed by atoms with Crippen LogP contribution >= 0.6 is 0 Å². The summed E-state index contributed by atoms with van der Waals surface area (Å²) < 4.78 is 76.6. The fourth-order valence-corrected chi connectivity index (χ4v) is 1.37. The van der Waals surface area contributed by atoms with Gasteiger partial charge in [0.05, 0.1) is 11.6 Å². The largest absolute Gasteiger partial charge is 0.416 e. The lowest BCUT2D eigenvalue weighted by atomic mass is 9.96. The van der Waals surface area contributed by atoms with E-state index in [2.05, 4.69) is 0 Å². The van der Waals surface area contributed by atoms with Crippen molar-refractivity contribution in [3.8, 4) is 0 Å². The van der Waals surface area contributed by atoms with Crippen molar-refractivity contribution in [3.05, 3.63) is 35.1 Å². The van der Waals surface area contributed by atoms with E-state index in [4.69, 9.17) is 10.8 Å². The number of hydrogen-bond donors (Lipinski definition) is 2. The maximum atomic E-state index is 13.1. The van der Waals surface area contributed by atoms with Crippen molar-refractivity contribution in [2.45, 2.75) is 18.1 Å². The van der Waals surface area contributed by atoms with Gasteiger partial charge in [-0.15, -0.1) is 0 Å². The molecule has 3 N–H and O–H groups in total. The van der Waals surface area contributed by atoms with Gasteiger partial charge in [0.25, 0.3) is 5.92 Å². The van der Waals surface area contributed by atoms with Crippen molar-refractivity contribution in [1.82, 2.24) is 0 Å². The molecule has 1 rings (SSSR count). The number of nitrogens with two attached hydrogens (primary N) is 1.